The highest BCUT2D eigenvalue weighted by molar-refractivity contribution is 5.62. The molecule has 0 amide bonds. The zero-order chi connectivity index (χ0) is 13.9. The van der Waals surface area contributed by atoms with E-state index in [4.69, 9.17) is 0 Å². The van der Waals surface area contributed by atoms with Gasteiger partial charge in [0, 0.05) is 6.07 Å². The predicted molar refractivity (Wildman–Crippen MR) is 74.2 cm³/mol. The maximum absolute atomic E-state index is 11.0. The van der Waals surface area contributed by atoms with Crippen LogP contribution in [0.2, 0.25) is 0 Å². The number of hydrogen-bond acceptors (Lipinski definition) is 4. The van der Waals surface area contributed by atoms with E-state index in [0.29, 0.717) is 11.6 Å². The van der Waals surface area contributed by atoms with Crippen molar-refractivity contribution in [2.45, 2.75) is 38.1 Å². The van der Waals surface area contributed by atoms with E-state index in [0.717, 1.165) is 25.7 Å². The third-order valence-electron chi connectivity index (χ3n) is 3.89. The molecule has 1 fully saturated rings. The quantitative estimate of drug-likeness (QED) is 0.647. The molecule has 104 valence electrons. The van der Waals surface area contributed by atoms with Crippen molar-refractivity contribution in [2.24, 2.45) is 5.92 Å². The smallest absolute Gasteiger partial charge is 0.292 e. The lowest BCUT2D eigenvalue weighted by Crippen LogP contribution is -2.46. The van der Waals surface area contributed by atoms with Crippen LogP contribution in [0.15, 0.2) is 24.3 Å². The molecule has 2 atom stereocenters. The number of para-hydroxylation sites is 2. The molecule has 0 spiro atoms. The van der Waals surface area contributed by atoms with E-state index >= 15 is 0 Å². The van der Waals surface area contributed by atoms with Crippen LogP contribution in [0, 0.1) is 16.0 Å². The number of nitro groups is 1. The van der Waals surface area contributed by atoms with Crippen LogP contribution >= 0.6 is 0 Å². The van der Waals surface area contributed by atoms with E-state index in [1.807, 2.05) is 0 Å². The molecule has 2 unspecified atom stereocenters. The van der Waals surface area contributed by atoms with Gasteiger partial charge in [-0.15, -0.1) is 0 Å². The normalized spacial score (nSPS) is 26.9. The lowest BCUT2D eigenvalue weighted by molar-refractivity contribution is -0.384. The predicted octanol–water partition coefficient (Wildman–Crippen LogP) is 2.95. The molecule has 1 aliphatic carbocycles. The Morgan fingerprint density at radius 2 is 2.26 bits per heavy atom. The third-order valence-corrected chi connectivity index (χ3v) is 3.89. The van der Waals surface area contributed by atoms with Gasteiger partial charge in [0.1, 0.15) is 5.69 Å². The van der Waals surface area contributed by atoms with Crippen molar-refractivity contribution in [3.05, 3.63) is 34.4 Å². The molecular formula is C14H20N2O3. The summed E-state index contributed by atoms with van der Waals surface area (Å²) in [6.45, 7) is 2.16. The zero-order valence-corrected chi connectivity index (χ0v) is 11.1. The topological polar surface area (TPSA) is 75.4 Å². The Kier molecular flexibility index (Phi) is 4.04. The summed E-state index contributed by atoms with van der Waals surface area (Å²) in [6.07, 6.45) is 3.88. The van der Waals surface area contributed by atoms with Crippen LogP contribution in [-0.4, -0.2) is 22.2 Å². The van der Waals surface area contributed by atoms with Crippen molar-refractivity contribution in [2.75, 3.05) is 11.9 Å². The number of anilines is 1. The van der Waals surface area contributed by atoms with Crippen molar-refractivity contribution in [3.63, 3.8) is 0 Å². The Labute approximate surface area is 112 Å². The van der Waals surface area contributed by atoms with Gasteiger partial charge in [0.15, 0.2) is 0 Å². The molecule has 0 heterocycles. The summed E-state index contributed by atoms with van der Waals surface area (Å²) in [5.41, 5.74) is 0.133. The standard InChI is InChI=1S/C14H20N2O3/c1-11-5-4-8-14(9-11,10-17)15-12-6-2-3-7-13(12)16(18)19/h2-3,6-7,11,15,17H,4-5,8-10H2,1H3. The maximum Gasteiger partial charge on any atom is 0.292 e. The van der Waals surface area contributed by atoms with Crippen LogP contribution in [0.4, 0.5) is 11.4 Å². The highest BCUT2D eigenvalue weighted by atomic mass is 16.6. The van der Waals surface area contributed by atoms with E-state index < -0.39 is 5.54 Å². The highest BCUT2D eigenvalue weighted by Crippen LogP contribution is 2.36. The fourth-order valence-corrected chi connectivity index (χ4v) is 2.98. The number of nitrogens with zero attached hydrogens (tertiary/aromatic N) is 1. The molecular weight excluding hydrogens is 244 g/mol. The minimum Gasteiger partial charge on any atom is -0.394 e. The summed E-state index contributed by atoms with van der Waals surface area (Å²) in [7, 11) is 0. The summed E-state index contributed by atoms with van der Waals surface area (Å²) >= 11 is 0. The Morgan fingerprint density at radius 3 is 2.89 bits per heavy atom. The molecule has 0 saturated heterocycles. The molecule has 2 rings (SSSR count). The summed E-state index contributed by atoms with van der Waals surface area (Å²) in [6, 6.07) is 6.61. The third kappa shape index (κ3) is 3.04. The lowest BCUT2D eigenvalue weighted by atomic mass is 9.76. The molecule has 5 heteroatoms. The number of nitro benzene ring substituents is 1. The number of rotatable bonds is 4. The van der Waals surface area contributed by atoms with Gasteiger partial charge >= 0.3 is 0 Å². The first kappa shape index (κ1) is 13.8. The fourth-order valence-electron chi connectivity index (χ4n) is 2.98. The number of nitrogens with one attached hydrogen (secondary N) is 1. The summed E-state index contributed by atoms with van der Waals surface area (Å²) in [5.74, 6) is 0.524. The van der Waals surface area contributed by atoms with Crippen LogP contribution in [0.3, 0.4) is 0 Å². The largest absolute Gasteiger partial charge is 0.394 e. The summed E-state index contributed by atoms with van der Waals surface area (Å²) in [4.78, 5) is 10.6. The van der Waals surface area contributed by atoms with E-state index in [9.17, 15) is 15.2 Å². The average Bonchev–Trinajstić information content (AvgIpc) is 2.39. The highest BCUT2D eigenvalue weighted by Gasteiger charge is 2.35. The Morgan fingerprint density at radius 1 is 1.53 bits per heavy atom. The molecule has 19 heavy (non-hydrogen) atoms. The van der Waals surface area contributed by atoms with Crippen molar-refractivity contribution >= 4 is 11.4 Å². The Balaban J connectivity index is 2.25. The molecule has 0 aromatic heterocycles. The van der Waals surface area contributed by atoms with Crippen molar-refractivity contribution in [3.8, 4) is 0 Å². The van der Waals surface area contributed by atoms with Gasteiger partial charge in [0.2, 0.25) is 0 Å². The SMILES string of the molecule is CC1CCCC(CO)(Nc2ccccc2[N+](=O)[O-])C1. The molecule has 1 saturated carbocycles. The van der Waals surface area contributed by atoms with Crippen LogP contribution in [-0.2, 0) is 0 Å². The minimum absolute atomic E-state index is 0.00336. The van der Waals surface area contributed by atoms with E-state index in [-0.39, 0.29) is 17.2 Å². The first-order valence-corrected chi connectivity index (χ1v) is 6.69. The van der Waals surface area contributed by atoms with Gasteiger partial charge < -0.3 is 10.4 Å². The van der Waals surface area contributed by atoms with Gasteiger partial charge in [-0.25, -0.2) is 0 Å². The second kappa shape index (κ2) is 5.57. The molecule has 1 aliphatic rings. The van der Waals surface area contributed by atoms with E-state index in [2.05, 4.69) is 12.2 Å². The Hall–Kier alpha value is -1.62. The maximum atomic E-state index is 11.0. The van der Waals surface area contributed by atoms with E-state index in [1.54, 1.807) is 18.2 Å². The van der Waals surface area contributed by atoms with Gasteiger partial charge in [-0.1, -0.05) is 31.9 Å². The van der Waals surface area contributed by atoms with Gasteiger partial charge in [0.25, 0.3) is 5.69 Å². The van der Waals surface area contributed by atoms with E-state index in [1.165, 1.54) is 6.07 Å². The molecule has 5 nitrogen and oxygen atoms in total. The van der Waals surface area contributed by atoms with Gasteiger partial charge in [-0.2, -0.15) is 0 Å². The van der Waals surface area contributed by atoms with Crippen LogP contribution < -0.4 is 5.32 Å². The number of aliphatic hydroxyl groups is 1. The molecule has 0 aliphatic heterocycles. The molecule has 0 bridgehead atoms. The number of benzene rings is 1. The van der Waals surface area contributed by atoms with Gasteiger partial charge in [-0.3, -0.25) is 10.1 Å². The van der Waals surface area contributed by atoms with Gasteiger partial charge in [-0.05, 0) is 24.8 Å². The molecule has 2 N–H and O–H groups in total. The van der Waals surface area contributed by atoms with Crippen molar-refractivity contribution in [1.82, 2.24) is 0 Å². The number of hydrogen-bond donors (Lipinski definition) is 2. The second-order valence-corrected chi connectivity index (χ2v) is 5.54. The zero-order valence-electron chi connectivity index (χ0n) is 11.1. The first-order chi connectivity index (χ1) is 9.06. The molecule has 1 aromatic rings. The van der Waals surface area contributed by atoms with Crippen LogP contribution in [0.25, 0.3) is 0 Å². The van der Waals surface area contributed by atoms with Crippen molar-refractivity contribution in [1.29, 1.82) is 0 Å². The minimum atomic E-state index is -0.427. The summed E-state index contributed by atoms with van der Waals surface area (Å²) in [5, 5.41) is 24.0. The van der Waals surface area contributed by atoms with Gasteiger partial charge in [0.05, 0.1) is 17.1 Å². The van der Waals surface area contributed by atoms with Crippen LogP contribution in [0.1, 0.15) is 32.6 Å². The lowest BCUT2D eigenvalue weighted by Gasteiger charge is -2.40. The molecule has 0 radical (unpaired) electrons. The van der Waals surface area contributed by atoms with Crippen LogP contribution in [0.5, 0.6) is 0 Å². The second-order valence-electron chi connectivity index (χ2n) is 5.54. The van der Waals surface area contributed by atoms with Crippen molar-refractivity contribution < 1.29 is 10.0 Å². The fraction of sp³-hybridized carbons (Fsp3) is 0.571. The monoisotopic (exact) mass is 264 g/mol. The Bertz CT molecular complexity index is 464. The number of aliphatic hydroxyl groups excluding tert-OH is 1. The summed E-state index contributed by atoms with van der Waals surface area (Å²) < 4.78 is 0. The first-order valence-electron chi connectivity index (χ1n) is 6.69. The average molecular weight is 264 g/mol. The molecule has 1 aromatic carbocycles.